The number of aliphatic carboxylic acids is 1. The zero-order chi connectivity index (χ0) is 26.4. The number of aromatic nitrogens is 2. The fourth-order valence-corrected chi connectivity index (χ4v) is 4.47. The van der Waals surface area contributed by atoms with Gasteiger partial charge in [-0.05, 0) is 56.7 Å². The van der Waals surface area contributed by atoms with Crippen LogP contribution in [0.3, 0.4) is 0 Å². The van der Waals surface area contributed by atoms with Crippen LogP contribution in [0.15, 0.2) is 60.3 Å². The number of allylic oxidation sites excluding steroid dienone is 3. The third-order valence-electron chi connectivity index (χ3n) is 6.83. The SMILES string of the molecule is CC(C)(C(=O)Nc1cncc(N2CCCC(OC3=C(O)CCC=C3)C2)n1)c1ccc(CCC(=O)O)cc1. The topological polar surface area (TPSA) is 125 Å². The summed E-state index contributed by atoms with van der Waals surface area (Å²) >= 11 is 0. The number of nitrogens with zero attached hydrogens (tertiary/aromatic N) is 3. The molecule has 1 atom stereocenters. The second kappa shape index (κ2) is 11.5. The molecule has 3 N–H and O–H groups in total. The molecule has 1 saturated heterocycles. The Morgan fingerprint density at radius 3 is 2.73 bits per heavy atom. The van der Waals surface area contributed by atoms with Crippen molar-refractivity contribution in [1.82, 2.24) is 9.97 Å². The summed E-state index contributed by atoms with van der Waals surface area (Å²) in [5.41, 5.74) is 0.894. The van der Waals surface area contributed by atoms with Crippen molar-refractivity contribution in [3.8, 4) is 0 Å². The first-order valence-electron chi connectivity index (χ1n) is 12.7. The van der Waals surface area contributed by atoms with Crippen LogP contribution in [-0.4, -0.2) is 51.3 Å². The van der Waals surface area contributed by atoms with Gasteiger partial charge in [0.1, 0.15) is 17.7 Å². The number of hydrogen-bond acceptors (Lipinski definition) is 7. The number of ether oxygens (including phenoxy) is 1. The van der Waals surface area contributed by atoms with E-state index in [0.717, 1.165) is 36.9 Å². The highest BCUT2D eigenvalue weighted by molar-refractivity contribution is 5.97. The lowest BCUT2D eigenvalue weighted by atomic mass is 9.83. The number of rotatable bonds is 9. The molecule has 2 aromatic rings. The molecule has 9 heteroatoms. The Labute approximate surface area is 216 Å². The first-order valence-corrected chi connectivity index (χ1v) is 12.7. The minimum absolute atomic E-state index is 0.0690. The number of hydrogen-bond donors (Lipinski definition) is 3. The molecule has 1 unspecified atom stereocenters. The number of benzene rings is 1. The summed E-state index contributed by atoms with van der Waals surface area (Å²) in [6, 6.07) is 7.45. The Morgan fingerprint density at radius 1 is 1.22 bits per heavy atom. The van der Waals surface area contributed by atoms with Crippen LogP contribution < -0.4 is 10.2 Å². The first-order chi connectivity index (χ1) is 17.7. The quantitative estimate of drug-likeness (QED) is 0.454. The number of amides is 1. The molecule has 0 spiro atoms. The summed E-state index contributed by atoms with van der Waals surface area (Å²) in [6.07, 6.45) is 10.7. The Morgan fingerprint density at radius 2 is 2.00 bits per heavy atom. The van der Waals surface area contributed by atoms with E-state index in [1.54, 1.807) is 6.20 Å². The van der Waals surface area contributed by atoms with Gasteiger partial charge in [-0.2, -0.15) is 0 Å². The number of aliphatic hydroxyl groups is 1. The number of carboxylic acid groups (broad SMARTS) is 1. The van der Waals surface area contributed by atoms with Gasteiger partial charge in [0.05, 0.1) is 24.4 Å². The van der Waals surface area contributed by atoms with Gasteiger partial charge in [0, 0.05) is 19.4 Å². The average molecular weight is 507 g/mol. The van der Waals surface area contributed by atoms with Crippen LogP contribution in [0.5, 0.6) is 0 Å². The Hall–Kier alpha value is -3.88. The molecule has 1 fully saturated rings. The van der Waals surface area contributed by atoms with Crippen molar-refractivity contribution in [3.05, 3.63) is 71.5 Å². The summed E-state index contributed by atoms with van der Waals surface area (Å²) in [5.74, 6) is 0.807. The van der Waals surface area contributed by atoms with Crippen molar-refractivity contribution in [2.24, 2.45) is 0 Å². The number of carbonyl (C=O) groups excluding carboxylic acids is 1. The molecule has 9 nitrogen and oxygen atoms in total. The smallest absolute Gasteiger partial charge is 0.303 e. The predicted octanol–water partition coefficient (Wildman–Crippen LogP) is 4.52. The van der Waals surface area contributed by atoms with E-state index in [9.17, 15) is 14.7 Å². The van der Waals surface area contributed by atoms with Gasteiger partial charge < -0.3 is 25.2 Å². The van der Waals surface area contributed by atoms with Crippen LogP contribution in [0.2, 0.25) is 0 Å². The second-order valence-corrected chi connectivity index (χ2v) is 10.0. The van der Waals surface area contributed by atoms with Gasteiger partial charge in [-0.25, -0.2) is 4.98 Å². The van der Waals surface area contributed by atoms with E-state index in [1.165, 1.54) is 6.20 Å². The zero-order valence-electron chi connectivity index (χ0n) is 21.3. The zero-order valence-corrected chi connectivity index (χ0v) is 21.3. The molecule has 4 rings (SSSR count). The average Bonchev–Trinajstić information content (AvgIpc) is 2.89. The highest BCUT2D eigenvalue weighted by Gasteiger charge is 2.31. The number of carbonyl (C=O) groups is 2. The largest absolute Gasteiger partial charge is 0.508 e. The molecular formula is C28H34N4O5. The van der Waals surface area contributed by atoms with Crippen LogP contribution in [-0.2, 0) is 26.2 Å². The van der Waals surface area contributed by atoms with Crippen LogP contribution in [0, 0.1) is 0 Å². The van der Waals surface area contributed by atoms with E-state index in [0.29, 0.717) is 42.5 Å². The van der Waals surface area contributed by atoms with Gasteiger partial charge in [-0.3, -0.25) is 14.6 Å². The molecule has 1 aliphatic carbocycles. The summed E-state index contributed by atoms with van der Waals surface area (Å²) in [6.45, 7) is 5.08. The maximum absolute atomic E-state index is 13.2. The number of aryl methyl sites for hydroxylation is 1. The summed E-state index contributed by atoms with van der Waals surface area (Å²) < 4.78 is 6.07. The van der Waals surface area contributed by atoms with Crippen molar-refractivity contribution < 1.29 is 24.5 Å². The lowest BCUT2D eigenvalue weighted by molar-refractivity contribution is -0.137. The monoisotopic (exact) mass is 506 g/mol. The van der Waals surface area contributed by atoms with Crippen molar-refractivity contribution in [1.29, 1.82) is 0 Å². The third kappa shape index (κ3) is 6.67. The lowest BCUT2D eigenvalue weighted by Gasteiger charge is -2.34. The van der Waals surface area contributed by atoms with E-state index in [4.69, 9.17) is 9.84 Å². The van der Waals surface area contributed by atoms with Gasteiger partial charge in [-0.15, -0.1) is 0 Å². The molecule has 1 aromatic heterocycles. The maximum atomic E-state index is 13.2. The van der Waals surface area contributed by atoms with Crippen LogP contribution in [0.1, 0.15) is 57.1 Å². The molecule has 0 saturated carbocycles. The van der Waals surface area contributed by atoms with Crippen LogP contribution >= 0.6 is 0 Å². The standard InChI is InChI=1S/C28H34N4O5/c1-28(2,20-12-9-19(10-13-20)11-14-26(34)35)27(36)31-24-16-29-17-25(30-24)32-15-5-6-21(18-32)37-23-8-4-3-7-22(23)33/h4,8-10,12-13,16-17,21,33H,3,5-7,11,14-15,18H2,1-2H3,(H,34,35)(H,30,31,36). The summed E-state index contributed by atoms with van der Waals surface area (Å²) in [5, 5.41) is 21.9. The molecular weight excluding hydrogens is 472 g/mol. The van der Waals surface area contributed by atoms with E-state index >= 15 is 0 Å². The van der Waals surface area contributed by atoms with Crippen molar-refractivity contribution in [3.63, 3.8) is 0 Å². The summed E-state index contributed by atoms with van der Waals surface area (Å²) in [4.78, 5) is 35.0. The predicted molar refractivity (Wildman–Crippen MR) is 140 cm³/mol. The Balaban J connectivity index is 1.40. The van der Waals surface area contributed by atoms with Crippen LogP contribution in [0.4, 0.5) is 11.6 Å². The molecule has 0 radical (unpaired) electrons. The van der Waals surface area contributed by atoms with E-state index in [2.05, 4.69) is 20.2 Å². The number of nitrogens with one attached hydrogen (secondary N) is 1. The van der Waals surface area contributed by atoms with Gasteiger partial charge >= 0.3 is 5.97 Å². The number of piperidine rings is 1. The van der Waals surface area contributed by atoms with Crippen molar-refractivity contribution >= 4 is 23.5 Å². The van der Waals surface area contributed by atoms with Gasteiger partial charge in [-0.1, -0.05) is 30.3 Å². The highest BCUT2D eigenvalue weighted by Crippen LogP contribution is 2.27. The van der Waals surface area contributed by atoms with Gasteiger partial charge in [0.2, 0.25) is 5.91 Å². The molecule has 1 aliphatic heterocycles. The normalized spacial score (nSPS) is 18.0. The second-order valence-electron chi connectivity index (χ2n) is 10.0. The minimum Gasteiger partial charge on any atom is -0.508 e. The third-order valence-corrected chi connectivity index (χ3v) is 6.83. The molecule has 196 valence electrons. The molecule has 2 heterocycles. The van der Waals surface area contributed by atoms with E-state index < -0.39 is 11.4 Å². The number of carboxylic acids is 1. The lowest BCUT2D eigenvalue weighted by Crippen LogP contribution is -2.40. The Kier molecular flexibility index (Phi) is 8.11. The molecule has 1 aromatic carbocycles. The highest BCUT2D eigenvalue weighted by atomic mass is 16.5. The maximum Gasteiger partial charge on any atom is 0.303 e. The number of anilines is 2. The van der Waals surface area contributed by atoms with Crippen LogP contribution in [0.25, 0.3) is 0 Å². The molecule has 2 aliphatic rings. The Bertz CT molecular complexity index is 1190. The first kappa shape index (κ1) is 26.2. The van der Waals surface area contributed by atoms with Crippen molar-refractivity contribution in [2.75, 3.05) is 23.3 Å². The van der Waals surface area contributed by atoms with Gasteiger partial charge in [0.25, 0.3) is 0 Å². The fraction of sp³-hybridized carbons (Fsp3) is 0.429. The minimum atomic E-state index is -0.837. The van der Waals surface area contributed by atoms with E-state index in [-0.39, 0.29) is 18.4 Å². The number of aliphatic hydroxyl groups excluding tert-OH is 1. The summed E-state index contributed by atoms with van der Waals surface area (Å²) in [7, 11) is 0. The fourth-order valence-electron chi connectivity index (χ4n) is 4.47. The van der Waals surface area contributed by atoms with E-state index in [1.807, 2.05) is 50.3 Å². The molecule has 0 bridgehead atoms. The van der Waals surface area contributed by atoms with Gasteiger partial charge in [0.15, 0.2) is 11.6 Å². The van der Waals surface area contributed by atoms with Crippen molar-refractivity contribution in [2.45, 2.75) is 63.9 Å². The molecule has 37 heavy (non-hydrogen) atoms. The molecule has 1 amide bonds.